The molecule has 7 nitrogen and oxygen atoms in total. The van der Waals surface area contributed by atoms with E-state index in [2.05, 4.69) is 4.72 Å². The van der Waals surface area contributed by atoms with Crippen LogP contribution in [0, 0.1) is 5.21 Å². The summed E-state index contributed by atoms with van der Waals surface area (Å²) < 4.78 is 37.7. The quantitative estimate of drug-likeness (QED) is 0.318. The molecule has 0 radical (unpaired) electrons. The van der Waals surface area contributed by atoms with Crippen molar-refractivity contribution in [3.05, 3.63) is 69.1 Å². The number of anilines is 1. The maximum Gasteiger partial charge on any atom is 0.229 e. The number of nitrogens with zero attached hydrogens (tertiary/aromatic N) is 1. The average molecular weight is 479 g/mol. The van der Waals surface area contributed by atoms with Crippen molar-refractivity contribution in [3.8, 4) is 5.75 Å². The van der Waals surface area contributed by atoms with E-state index in [1.807, 2.05) is 6.07 Å². The first kappa shape index (κ1) is 21.3. The minimum Gasteiger partial charge on any atom is -0.619 e. The third-order valence-electron chi connectivity index (χ3n) is 4.56. The minimum absolute atomic E-state index is 0.209. The Kier molecular flexibility index (Phi) is 5.47. The molecule has 0 atom stereocenters. The Balaban J connectivity index is 1.93. The zero-order chi connectivity index (χ0) is 22.3. The van der Waals surface area contributed by atoms with E-state index < -0.39 is 10.0 Å². The number of hydrogen-bond acceptors (Lipinski definition) is 5. The van der Waals surface area contributed by atoms with Crippen LogP contribution in [0.4, 0.5) is 5.69 Å². The summed E-state index contributed by atoms with van der Waals surface area (Å²) in [6.45, 7) is 0. The van der Waals surface area contributed by atoms with E-state index in [-0.39, 0.29) is 10.0 Å². The second kappa shape index (κ2) is 7.96. The van der Waals surface area contributed by atoms with Crippen molar-refractivity contribution >= 4 is 73.0 Å². The molecule has 2 heterocycles. The van der Waals surface area contributed by atoms with Crippen LogP contribution in [0.25, 0.3) is 34.1 Å². The number of aromatic nitrogens is 1. The van der Waals surface area contributed by atoms with Gasteiger partial charge >= 0.3 is 0 Å². The standard InChI is InChI=1S/C21H16Cl2N2O5S/c1-29-19-7-4-12(3-6-14-16(22)10-25(26)11-17(14)23)20-15-9-13(24-31(2,27)28)5-8-18(15)30-21(19)20/h3-11,24H,1-2H3. The second-order valence-electron chi connectivity index (χ2n) is 6.81. The van der Waals surface area contributed by atoms with Gasteiger partial charge in [-0.3, -0.25) is 4.72 Å². The summed E-state index contributed by atoms with van der Waals surface area (Å²) in [5, 5.41) is 13.3. The minimum atomic E-state index is -3.44. The van der Waals surface area contributed by atoms with E-state index in [1.54, 1.807) is 36.4 Å². The molecule has 0 spiro atoms. The highest BCUT2D eigenvalue weighted by Gasteiger charge is 2.16. The summed E-state index contributed by atoms with van der Waals surface area (Å²) in [4.78, 5) is 0. The number of rotatable bonds is 5. The molecule has 0 aliphatic rings. The summed E-state index contributed by atoms with van der Waals surface area (Å²) in [7, 11) is -1.90. The molecule has 160 valence electrons. The molecule has 0 saturated heterocycles. The molecule has 31 heavy (non-hydrogen) atoms. The van der Waals surface area contributed by atoms with Crippen molar-refractivity contribution in [2.24, 2.45) is 0 Å². The summed E-state index contributed by atoms with van der Waals surface area (Å²) in [6, 6.07) is 8.60. The molecule has 0 amide bonds. The lowest BCUT2D eigenvalue weighted by Crippen LogP contribution is -2.24. The fraction of sp³-hybridized carbons (Fsp3) is 0.0952. The summed E-state index contributed by atoms with van der Waals surface area (Å²) in [5.74, 6) is 0.532. The molecule has 4 aromatic rings. The molecular weight excluding hydrogens is 463 g/mol. The summed E-state index contributed by atoms with van der Waals surface area (Å²) in [5.41, 5.74) is 2.74. The number of fused-ring (bicyclic) bond motifs is 3. The first-order valence-corrected chi connectivity index (χ1v) is 11.6. The molecule has 0 aliphatic heterocycles. The van der Waals surface area contributed by atoms with Crippen LogP contribution < -0.4 is 14.2 Å². The number of methoxy groups -OCH3 is 1. The van der Waals surface area contributed by atoms with Crippen LogP contribution in [0.5, 0.6) is 5.75 Å². The van der Waals surface area contributed by atoms with E-state index in [9.17, 15) is 13.6 Å². The lowest BCUT2D eigenvalue weighted by atomic mass is 10.0. The van der Waals surface area contributed by atoms with Gasteiger partial charge in [0.25, 0.3) is 0 Å². The van der Waals surface area contributed by atoms with Crippen LogP contribution >= 0.6 is 23.2 Å². The van der Waals surface area contributed by atoms with Crippen molar-refractivity contribution in [2.45, 2.75) is 0 Å². The van der Waals surface area contributed by atoms with Gasteiger partial charge in [-0.2, -0.15) is 4.73 Å². The first-order chi connectivity index (χ1) is 14.7. The molecule has 2 aromatic carbocycles. The van der Waals surface area contributed by atoms with Gasteiger partial charge in [-0.1, -0.05) is 41.4 Å². The van der Waals surface area contributed by atoms with Gasteiger partial charge in [-0.15, -0.1) is 0 Å². The SMILES string of the molecule is COc1ccc(C=Cc2c(Cl)c[n+]([O-])cc2Cl)c2c1oc1ccc(NS(C)(=O)=O)cc12. The normalized spacial score (nSPS) is 12.1. The highest BCUT2D eigenvalue weighted by molar-refractivity contribution is 7.92. The Morgan fingerprint density at radius 2 is 1.84 bits per heavy atom. The van der Waals surface area contributed by atoms with Crippen LogP contribution in [-0.4, -0.2) is 21.8 Å². The van der Waals surface area contributed by atoms with Crippen LogP contribution in [-0.2, 0) is 10.0 Å². The topological polar surface area (TPSA) is 95.5 Å². The highest BCUT2D eigenvalue weighted by atomic mass is 35.5. The molecule has 0 saturated carbocycles. The number of nitrogens with one attached hydrogen (secondary N) is 1. The molecule has 10 heteroatoms. The Morgan fingerprint density at radius 1 is 1.13 bits per heavy atom. The number of furan rings is 1. The van der Waals surface area contributed by atoms with Gasteiger partial charge in [-0.25, -0.2) is 8.42 Å². The zero-order valence-corrected chi connectivity index (χ0v) is 18.7. The van der Waals surface area contributed by atoms with Crippen LogP contribution in [0.3, 0.4) is 0 Å². The lowest BCUT2D eigenvalue weighted by molar-refractivity contribution is -0.605. The highest BCUT2D eigenvalue weighted by Crippen LogP contribution is 2.39. The van der Waals surface area contributed by atoms with Gasteiger partial charge in [-0.05, 0) is 29.8 Å². The molecule has 0 fully saturated rings. The Labute approximate surface area is 188 Å². The largest absolute Gasteiger partial charge is 0.619 e. The third-order valence-corrected chi connectivity index (χ3v) is 5.77. The van der Waals surface area contributed by atoms with Crippen molar-refractivity contribution in [3.63, 3.8) is 0 Å². The van der Waals surface area contributed by atoms with Crippen molar-refractivity contribution in [1.82, 2.24) is 0 Å². The smallest absolute Gasteiger partial charge is 0.229 e. The molecule has 1 N–H and O–H groups in total. The Hall–Kier alpha value is -2.94. The number of pyridine rings is 1. The lowest BCUT2D eigenvalue weighted by Gasteiger charge is -2.05. The van der Waals surface area contributed by atoms with Crippen LogP contribution in [0.1, 0.15) is 11.1 Å². The number of ether oxygens (including phenoxy) is 1. The molecule has 0 unspecified atom stereocenters. The van der Waals surface area contributed by atoms with Gasteiger partial charge in [0.05, 0.1) is 13.4 Å². The first-order valence-electron chi connectivity index (χ1n) is 8.93. The number of hydrogen-bond donors (Lipinski definition) is 1. The fourth-order valence-corrected chi connectivity index (χ4v) is 4.43. The molecule has 4 rings (SSSR count). The number of halogens is 2. The number of benzene rings is 2. The van der Waals surface area contributed by atoms with Crippen LogP contribution in [0.2, 0.25) is 10.0 Å². The maximum atomic E-state index is 11.6. The van der Waals surface area contributed by atoms with E-state index in [0.29, 0.717) is 38.3 Å². The predicted molar refractivity (Wildman–Crippen MR) is 123 cm³/mol. The van der Waals surface area contributed by atoms with E-state index >= 15 is 0 Å². The predicted octanol–water partition coefficient (Wildman–Crippen LogP) is 5.08. The molecule has 2 aromatic heterocycles. The Morgan fingerprint density at radius 3 is 2.48 bits per heavy atom. The van der Waals surface area contributed by atoms with Gasteiger partial charge < -0.3 is 14.4 Å². The van der Waals surface area contributed by atoms with E-state index in [4.69, 9.17) is 32.4 Å². The maximum absolute atomic E-state index is 11.6. The van der Waals surface area contributed by atoms with Crippen molar-refractivity contribution in [1.29, 1.82) is 0 Å². The average Bonchev–Trinajstić information content (AvgIpc) is 3.05. The van der Waals surface area contributed by atoms with Crippen molar-refractivity contribution < 1.29 is 22.3 Å². The van der Waals surface area contributed by atoms with Crippen LogP contribution in [0.15, 0.2) is 47.1 Å². The van der Waals surface area contributed by atoms with Gasteiger partial charge in [0, 0.05) is 22.0 Å². The van der Waals surface area contributed by atoms with Gasteiger partial charge in [0.2, 0.25) is 10.0 Å². The number of sulfonamides is 1. The summed E-state index contributed by atoms with van der Waals surface area (Å²) >= 11 is 12.3. The van der Waals surface area contributed by atoms with E-state index in [0.717, 1.165) is 17.2 Å². The molecule has 0 aliphatic carbocycles. The fourth-order valence-electron chi connectivity index (χ4n) is 3.31. The van der Waals surface area contributed by atoms with Gasteiger partial charge in [0.15, 0.2) is 23.7 Å². The molecule has 0 bridgehead atoms. The molecular formula is C21H16Cl2N2O5S. The Bertz CT molecular complexity index is 1440. The summed E-state index contributed by atoms with van der Waals surface area (Å²) in [6.07, 6.45) is 7.00. The zero-order valence-electron chi connectivity index (χ0n) is 16.3. The van der Waals surface area contributed by atoms with Gasteiger partial charge in [0.1, 0.15) is 15.6 Å². The van der Waals surface area contributed by atoms with E-state index in [1.165, 1.54) is 19.5 Å². The third kappa shape index (κ3) is 4.27. The monoisotopic (exact) mass is 478 g/mol. The van der Waals surface area contributed by atoms with Crippen molar-refractivity contribution in [2.75, 3.05) is 18.1 Å². The second-order valence-corrected chi connectivity index (χ2v) is 9.37.